The second kappa shape index (κ2) is 12.5. The van der Waals surface area contributed by atoms with Gasteiger partial charge in [0.15, 0.2) is 5.96 Å². The number of hydrogen-bond donors (Lipinski definition) is 2. The van der Waals surface area contributed by atoms with E-state index >= 15 is 0 Å². The third-order valence-electron chi connectivity index (χ3n) is 4.12. The van der Waals surface area contributed by atoms with Crippen molar-refractivity contribution in [3.05, 3.63) is 29.8 Å². The molecule has 0 saturated carbocycles. The average Bonchev–Trinajstić information content (AvgIpc) is 2.69. The summed E-state index contributed by atoms with van der Waals surface area (Å²) in [7, 11) is 1.68. The van der Waals surface area contributed by atoms with Gasteiger partial charge in [-0.25, -0.2) is 0 Å². The Morgan fingerprint density at radius 1 is 1.23 bits per heavy atom. The van der Waals surface area contributed by atoms with Gasteiger partial charge in [-0.15, -0.1) is 0 Å². The molecule has 1 heterocycles. The molecule has 0 spiro atoms. The third kappa shape index (κ3) is 7.59. The number of hydrogen-bond acceptors (Lipinski definition) is 5. The predicted octanol–water partition coefficient (Wildman–Crippen LogP) is 1.10. The SMILES string of the molecule is CCNC(=NCCN1CCOCC1)NCCOCc1ccccc1OC. The number of aliphatic imine (C=N–C) groups is 1. The molecule has 2 N–H and O–H groups in total. The average molecular weight is 364 g/mol. The lowest BCUT2D eigenvalue weighted by Crippen LogP contribution is -2.41. The summed E-state index contributed by atoms with van der Waals surface area (Å²) in [4.78, 5) is 7.01. The van der Waals surface area contributed by atoms with Gasteiger partial charge in [0.05, 0.1) is 40.1 Å². The van der Waals surface area contributed by atoms with Crippen molar-refractivity contribution in [3.8, 4) is 5.75 Å². The molecule has 0 atom stereocenters. The lowest BCUT2D eigenvalue weighted by molar-refractivity contribution is 0.0394. The van der Waals surface area contributed by atoms with Gasteiger partial charge >= 0.3 is 0 Å². The Kier molecular flexibility index (Phi) is 9.86. The molecule has 1 saturated heterocycles. The number of guanidine groups is 1. The van der Waals surface area contributed by atoms with Gasteiger partial charge in [-0.3, -0.25) is 9.89 Å². The highest BCUT2D eigenvalue weighted by Crippen LogP contribution is 2.17. The molecule has 1 aliphatic heterocycles. The molecular formula is C19H32N4O3. The minimum absolute atomic E-state index is 0.538. The predicted molar refractivity (Wildman–Crippen MR) is 104 cm³/mol. The lowest BCUT2D eigenvalue weighted by Gasteiger charge is -2.25. The Labute approximate surface area is 156 Å². The number of para-hydroxylation sites is 1. The third-order valence-corrected chi connectivity index (χ3v) is 4.12. The standard InChI is InChI=1S/C19H32N4O3/c1-3-20-19(21-8-10-23-11-14-25-15-12-23)22-9-13-26-16-17-6-4-5-7-18(17)24-2/h4-7H,3,8-16H2,1-2H3,(H2,20,21,22). The summed E-state index contributed by atoms with van der Waals surface area (Å²) in [5.74, 6) is 1.69. The molecule has 1 fully saturated rings. The van der Waals surface area contributed by atoms with Crippen LogP contribution in [-0.2, 0) is 16.1 Å². The van der Waals surface area contributed by atoms with E-state index in [1.54, 1.807) is 7.11 Å². The largest absolute Gasteiger partial charge is 0.496 e. The van der Waals surface area contributed by atoms with Gasteiger partial charge in [0, 0.05) is 38.3 Å². The van der Waals surface area contributed by atoms with E-state index in [0.717, 1.165) is 63.2 Å². The van der Waals surface area contributed by atoms with Crippen molar-refractivity contribution in [1.29, 1.82) is 0 Å². The monoisotopic (exact) mass is 364 g/mol. The van der Waals surface area contributed by atoms with Crippen molar-refractivity contribution in [2.24, 2.45) is 4.99 Å². The number of rotatable bonds is 10. The van der Waals surface area contributed by atoms with Crippen LogP contribution in [0.3, 0.4) is 0 Å². The van der Waals surface area contributed by atoms with Crippen molar-refractivity contribution in [2.45, 2.75) is 13.5 Å². The molecule has 1 aliphatic rings. The van der Waals surface area contributed by atoms with E-state index in [4.69, 9.17) is 14.2 Å². The van der Waals surface area contributed by atoms with E-state index in [0.29, 0.717) is 19.8 Å². The highest BCUT2D eigenvalue weighted by molar-refractivity contribution is 5.79. The van der Waals surface area contributed by atoms with Crippen molar-refractivity contribution in [2.75, 3.05) is 66.2 Å². The van der Waals surface area contributed by atoms with E-state index in [1.165, 1.54) is 0 Å². The van der Waals surface area contributed by atoms with E-state index in [1.807, 2.05) is 24.3 Å². The summed E-state index contributed by atoms with van der Waals surface area (Å²) in [6.45, 7) is 10.1. The maximum absolute atomic E-state index is 5.74. The molecule has 0 bridgehead atoms. The molecular weight excluding hydrogens is 332 g/mol. The van der Waals surface area contributed by atoms with Gasteiger partial charge in [-0.2, -0.15) is 0 Å². The topological polar surface area (TPSA) is 67.4 Å². The van der Waals surface area contributed by atoms with Crippen molar-refractivity contribution >= 4 is 5.96 Å². The summed E-state index contributed by atoms with van der Waals surface area (Å²) in [6.07, 6.45) is 0. The van der Waals surface area contributed by atoms with Crippen LogP contribution in [0.2, 0.25) is 0 Å². The smallest absolute Gasteiger partial charge is 0.191 e. The Hall–Kier alpha value is -1.83. The second-order valence-electron chi connectivity index (χ2n) is 6.01. The summed E-state index contributed by atoms with van der Waals surface area (Å²) in [5.41, 5.74) is 1.06. The molecule has 146 valence electrons. The van der Waals surface area contributed by atoms with Crippen LogP contribution in [0.5, 0.6) is 5.75 Å². The first-order valence-electron chi connectivity index (χ1n) is 9.35. The van der Waals surface area contributed by atoms with E-state index < -0.39 is 0 Å². The summed E-state index contributed by atoms with van der Waals surface area (Å²) >= 11 is 0. The van der Waals surface area contributed by atoms with Crippen LogP contribution in [-0.4, -0.2) is 77.1 Å². The van der Waals surface area contributed by atoms with Crippen LogP contribution in [0.4, 0.5) is 0 Å². The van der Waals surface area contributed by atoms with Gasteiger partial charge in [0.25, 0.3) is 0 Å². The van der Waals surface area contributed by atoms with Crippen molar-refractivity contribution in [3.63, 3.8) is 0 Å². The maximum Gasteiger partial charge on any atom is 0.191 e. The highest BCUT2D eigenvalue weighted by atomic mass is 16.5. The number of nitrogens with zero attached hydrogens (tertiary/aromatic N) is 2. The van der Waals surface area contributed by atoms with Crippen LogP contribution in [0, 0.1) is 0 Å². The summed E-state index contributed by atoms with van der Waals surface area (Å²) in [6, 6.07) is 7.91. The Morgan fingerprint density at radius 2 is 2.04 bits per heavy atom. The van der Waals surface area contributed by atoms with Crippen LogP contribution in [0.15, 0.2) is 29.3 Å². The minimum Gasteiger partial charge on any atom is -0.496 e. The Bertz CT molecular complexity index is 533. The van der Waals surface area contributed by atoms with Crippen LogP contribution < -0.4 is 15.4 Å². The highest BCUT2D eigenvalue weighted by Gasteiger charge is 2.09. The van der Waals surface area contributed by atoms with E-state index in [-0.39, 0.29) is 0 Å². The molecule has 1 aromatic rings. The van der Waals surface area contributed by atoms with Crippen LogP contribution >= 0.6 is 0 Å². The molecule has 26 heavy (non-hydrogen) atoms. The first-order chi connectivity index (χ1) is 12.8. The summed E-state index contributed by atoms with van der Waals surface area (Å²) < 4.78 is 16.4. The number of morpholine rings is 1. The second-order valence-corrected chi connectivity index (χ2v) is 6.01. The van der Waals surface area contributed by atoms with Crippen molar-refractivity contribution in [1.82, 2.24) is 15.5 Å². The fourth-order valence-corrected chi connectivity index (χ4v) is 2.72. The zero-order valence-corrected chi connectivity index (χ0v) is 16.0. The van der Waals surface area contributed by atoms with Crippen LogP contribution in [0.25, 0.3) is 0 Å². The Balaban J connectivity index is 1.64. The molecule has 7 heteroatoms. The normalized spacial score (nSPS) is 15.7. The Morgan fingerprint density at radius 3 is 2.81 bits per heavy atom. The first-order valence-corrected chi connectivity index (χ1v) is 9.35. The molecule has 0 aliphatic carbocycles. The van der Waals surface area contributed by atoms with E-state index in [9.17, 15) is 0 Å². The molecule has 7 nitrogen and oxygen atoms in total. The molecule has 0 aromatic heterocycles. The van der Waals surface area contributed by atoms with Gasteiger partial charge in [-0.1, -0.05) is 18.2 Å². The zero-order chi connectivity index (χ0) is 18.5. The molecule has 0 unspecified atom stereocenters. The summed E-state index contributed by atoms with van der Waals surface area (Å²) in [5, 5.41) is 6.58. The molecule has 0 radical (unpaired) electrons. The lowest BCUT2D eigenvalue weighted by atomic mass is 10.2. The van der Waals surface area contributed by atoms with Crippen molar-refractivity contribution < 1.29 is 14.2 Å². The molecule has 2 rings (SSSR count). The van der Waals surface area contributed by atoms with Gasteiger partial charge < -0.3 is 24.8 Å². The molecule has 1 aromatic carbocycles. The number of ether oxygens (including phenoxy) is 3. The maximum atomic E-state index is 5.74. The van der Waals surface area contributed by atoms with Gasteiger partial charge in [0.1, 0.15) is 5.75 Å². The zero-order valence-electron chi connectivity index (χ0n) is 16.0. The van der Waals surface area contributed by atoms with Crippen LogP contribution in [0.1, 0.15) is 12.5 Å². The number of methoxy groups -OCH3 is 1. The van der Waals surface area contributed by atoms with Gasteiger partial charge in [-0.05, 0) is 13.0 Å². The number of nitrogens with one attached hydrogen (secondary N) is 2. The fraction of sp³-hybridized carbons (Fsp3) is 0.632. The van der Waals surface area contributed by atoms with E-state index in [2.05, 4.69) is 27.4 Å². The fourth-order valence-electron chi connectivity index (χ4n) is 2.72. The number of benzene rings is 1. The van der Waals surface area contributed by atoms with Gasteiger partial charge in [0.2, 0.25) is 0 Å². The first kappa shape index (κ1) is 20.5. The minimum atomic E-state index is 0.538. The quantitative estimate of drug-likeness (QED) is 0.368. The molecule has 0 amide bonds.